The van der Waals surface area contributed by atoms with Crippen LogP contribution in [-0.4, -0.2) is 66.3 Å². The summed E-state index contributed by atoms with van der Waals surface area (Å²) in [7, 11) is 1.79. The van der Waals surface area contributed by atoms with Gasteiger partial charge in [-0.1, -0.05) is 0 Å². The van der Waals surface area contributed by atoms with Gasteiger partial charge in [0, 0.05) is 26.7 Å². The van der Waals surface area contributed by atoms with Crippen molar-refractivity contribution in [3.05, 3.63) is 0 Å². The van der Waals surface area contributed by atoms with E-state index in [0.717, 1.165) is 12.8 Å². The lowest BCUT2D eigenvalue weighted by Gasteiger charge is -2.34. The van der Waals surface area contributed by atoms with Crippen LogP contribution in [0.3, 0.4) is 0 Å². The predicted octanol–water partition coefficient (Wildman–Crippen LogP) is 1.01. The fourth-order valence-corrected chi connectivity index (χ4v) is 1.90. The number of carboxylic acids is 1. The van der Waals surface area contributed by atoms with Crippen LogP contribution in [0.1, 0.15) is 26.2 Å². The Morgan fingerprint density at radius 2 is 2.00 bits per heavy atom. The quantitative estimate of drug-likeness (QED) is 0.799. The highest BCUT2D eigenvalue weighted by Gasteiger charge is 2.24. The van der Waals surface area contributed by atoms with Gasteiger partial charge in [0.1, 0.15) is 0 Å². The molecule has 1 heterocycles. The zero-order chi connectivity index (χ0) is 13.5. The first-order valence-electron chi connectivity index (χ1n) is 6.38. The van der Waals surface area contributed by atoms with E-state index in [1.54, 1.807) is 11.9 Å². The second-order valence-electron chi connectivity index (χ2n) is 4.50. The largest absolute Gasteiger partial charge is 0.481 e. The summed E-state index contributed by atoms with van der Waals surface area (Å²) in [6.07, 6.45) is 1.68. The van der Waals surface area contributed by atoms with Crippen molar-refractivity contribution in [2.75, 3.05) is 33.3 Å². The summed E-state index contributed by atoms with van der Waals surface area (Å²) in [6, 6.07) is 0.0569. The third kappa shape index (κ3) is 4.52. The molecule has 1 N–H and O–H groups in total. The summed E-state index contributed by atoms with van der Waals surface area (Å²) < 4.78 is 5.48. The Hall–Kier alpha value is -1.30. The van der Waals surface area contributed by atoms with Crippen LogP contribution in [0, 0.1) is 0 Å². The Morgan fingerprint density at radius 3 is 2.50 bits per heavy atom. The number of piperidine rings is 1. The van der Waals surface area contributed by atoms with Crippen LogP contribution in [0.2, 0.25) is 0 Å². The van der Waals surface area contributed by atoms with Gasteiger partial charge in [-0.3, -0.25) is 4.79 Å². The number of hydrogen-bond acceptors (Lipinski definition) is 3. The third-order valence-corrected chi connectivity index (χ3v) is 3.18. The van der Waals surface area contributed by atoms with E-state index < -0.39 is 5.97 Å². The summed E-state index contributed by atoms with van der Waals surface area (Å²) in [5.74, 6) is -0.841. The molecule has 0 aromatic carbocycles. The number of ether oxygens (including phenoxy) is 1. The van der Waals surface area contributed by atoms with Gasteiger partial charge in [0.25, 0.3) is 0 Å². The second kappa shape index (κ2) is 7.20. The molecule has 1 rings (SSSR count). The highest BCUT2D eigenvalue weighted by atomic mass is 16.5. The number of carboxylic acid groups (broad SMARTS) is 1. The average Bonchev–Trinajstić information content (AvgIpc) is 2.37. The molecule has 0 aromatic rings. The Morgan fingerprint density at radius 1 is 1.39 bits per heavy atom. The molecule has 0 unspecified atom stereocenters. The monoisotopic (exact) mass is 258 g/mol. The molecule has 6 nitrogen and oxygen atoms in total. The van der Waals surface area contributed by atoms with E-state index in [2.05, 4.69) is 0 Å². The van der Waals surface area contributed by atoms with E-state index in [0.29, 0.717) is 19.6 Å². The number of nitrogens with zero attached hydrogens (tertiary/aromatic N) is 2. The van der Waals surface area contributed by atoms with Crippen molar-refractivity contribution in [1.29, 1.82) is 0 Å². The SMILES string of the molecule is CCN(C)C(=O)N1CCC(OCCC(=O)O)CC1. The molecule has 6 heteroatoms. The molecule has 0 radical (unpaired) electrons. The number of likely N-dealkylation sites (tertiary alicyclic amines) is 1. The van der Waals surface area contributed by atoms with Crippen LogP contribution in [0.25, 0.3) is 0 Å². The van der Waals surface area contributed by atoms with Crippen molar-refractivity contribution in [3.8, 4) is 0 Å². The van der Waals surface area contributed by atoms with E-state index in [4.69, 9.17) is 9.84 Å². The molecule has 0 aliphatic carbocycles. The minimum Gasteiger partial charge on any atom is -0.481 e. The normalized spacial score (nSPS) is 16.7. The molecule has 0 bridgehead atoms. The van der Waals surface area contributed by atoms with Crippen LogP contribution in [0.4, 0.5) is 4.79 Å². The Balaban J connectivity index is 2.24. The summed E-state index contributed by atoms with van der Waals surface area (Å²) in [5, 5.41) is 8.51. The first kappa shape index (κ1) is 14.8. The van der Waals surface area contributed by atoms with Crippen molar-refractivity contribution < 1.29 is 19.4 Å². The summed E-state index contributed by atoms with van der Waals surface area (Å²) in [6.45, 7) is 4.26. The van der Waals surface area contributed by atoms with Crippen molar-refractivity contribution in [2.24, 2.45) is 0 Å². The number of urea groups is 1. The van der Waals surface area contributed by atoms with Gasteiger partial charge >= 0.3 is 12.0 Å². The van der Waals surface area contributed by atoms with Gasteiger partial charge in [-0.05, 0) is 19.8 Å². The first-order valence-corrected chi connectivity index (χ1v) is 6.38. The average molecular weight is 258 g/mol. The lowest BCUT2D eigenvalue weighted by Crippen LogP contribution is -2.46. The number of aliphatic carboxylic acids is 1. The minimum absolute atomic E-state index is 0.0394. The van der Waals surface area contributed by atoms with Crippen LogP contribution < -0.4 is 0 Å². The zero-order valence-corrected chi connectivity index (χ0v) is 11.1. The van der Waals surface area contributed by atoms with E-state index in [1.807, 2.05) is 11.8 Å². The van der Waals surface area contributed by atoms with E-state index in [9.17, 15) is 9.59 Å². The molecule has 1 aliphatic rings. The lowest BCUT2D eigenvalue weighted by molar-refractivity contribution is -0.138. The highest BCUT2D eigenvalue weighted by molar-refractivity contribution is 5.74. The Bertz CT molecular complexity index is 288. The third-order valence-electron chi connectivity index (χ3n) is 3.18. The Kier molecular flexibility index (Phi) is 5.91. The van der Waals surface area contributed by atoms with Gasteiger partial charge in [-0.25, -0.2) is 4.79 Å². The molecule has 0 spiro atoms. The maximum absolute atomic E-state index is 11.9. The van der Waals surface area contributed by atoms with Gasteiger partial charge < -0.3 is 19.6 Å². The summed E-state index contributed by atoms with van der Waals surface area (Å²) >= 11 is 0. The molecule has 18 heavy (non-hydrogen) atoms. The second-order valence-corrected chi connectivity index (χ2v) is 4.50. The van der Waals surface area contributed by atoms with Crippen LogP contribution >= 0.6 is 0 Å². The van der Waals surface area contributed by atoms with Crippen molar-refractivity contribution in [1.82, 2.24) is 9.80 Å². The first-order chi connectivity index (χ1) is 8.54. The smallest absolute Gasteiger partial charge is 0.319 e. The number of rotatable bonds is 5. The van der Waals surface area contributed by atoms with Crippen molar-refractivity contribution in [2.45, 2.75) is 32.3 Å². The van der Waals surface area contributed by atoms with E-state index in [1.165, 1.54) is 0 Å². The van der Waals surface area contributed by atoms with Gasteiger partial charge in [-0.2, -0.15) is 0 Å². The number of carbonyl (C=O) groups excluding carboxylic acids is 1. The zero-order valence-electron chi connectivity index (χ0n) is 11.1. The fraction of sp³-hybridized carbons (Fsp3) is 0.833. The molecule has 1 fully saturated rings. The lowest BCUT2D eigenvalue weighted by atomic mass is 10.1. The highest BCUT2D eigenvalue weighted by Crippen LogP contribution is 2.15. The molecule has 0 atom stereocenters. The van der Waals surface area contributed by atoms with E-state index >= 15 is 0 Å². The number of amides is 2. The Labute approximate surface area is 107 Å². The van der Waals surface area contributed by atoms with Crippen LogP contribution in [-0.2, 0) is 9.53 Å². The van der Waals surface area contributed by atoms with Gasteiger partial charge in [0.15, 0.2) is 0 Å². The minimum atomic E-state index is -0.841. The summed E-state index contributed by atoms with van der Waals surface area (Å²) in [4.78, 5) is 25.7. The van der Waals surface area contributed by atoms with E-state index in [-0.39, 0.29) is 25.2 Å². The molecule has 104 valence electrons. The van der Waals surface area contributed by atoms with Crippen LogP contribution in [0.15, 0.2) is 0 Å². The standard InChI is InChI=1S/C12H22N2O4/c1-3-13(2)12(17)14-7-4-10(5-8-14)18-9-6-11(15)16/h10H,3-9H2,1-2H3,(H,15,16). The van der Waals surface area contributed by atoms with Crippen LogP contribution in [0.5, 0.6) is 0 Å². The fourth-order valence-electron chi connectivity index (χ4n) is 1.90. The van der Waals surface area contributed by atoms with Crippen molar-refractivity contribution >= 4 is 12.0 Å². The predicted molar refractivity (Wildman–Crippen MR) is 66.5 cm³/mol. The maximum atomic E-state index is 11.9. The van der Waals surface area contributed by atoms with Gasteiger partial charge in [0.05, 0.1) is 19.1 Å². The molecule has 1 saturated heterocycles. The number of carbonyl (C=O) groups is 2. The maximum Gasteiger partial charge on any atom is 0.319 e. The van der Waals surface area contributed by atoms with Gasteiger partial charge in [0.2, 0.25) is 0 Å². The topological polar surface area (TPSA) is 70.1 Å². The molecule has 1 aliphatic heterocycles. The summed E-state index contributed by atoms with van der Waals surface area (Å²) in [5.41, 5.74) is 0. The molecule has 0 saturated carbocycles. The van der Waals surface area contributed by atoms with Crippen molar-refractivity contribution in [3.63, 3.8) is 0 Å². The molecular formula is C12H22N2O4. The molecule has 2 amide bonds. The van der Waals surface area contributed by atoms with Gasteiger partial charge in [-0.15, -0.1) is 0 Å². The molecular weight excluding hydrogens is 236 g/mol. The number of hydrogen-bond donors (Lipinski definition) is 1. The molecule has 0 aromatic heterocycles.